The topological polar surface area (TPSA) is 96.9 Å². The van der Waals surface area contributed by atoms with Gasteiger partial charge in [0.05, 0.1) is 0 Å². The lowest BCUT2D eigenvalue weighted by molar-refractivity contribution is 0.595. The lowest BCUT2D eigenvalue weighted by Crippen LogP contribution is -2.24. The van der Waals surface area contributed by atoms with Gasteiger partial charge in [0.15, 0.2) is 5.96 Å². The largest absolute Gasteiger partial charge is 0.369 e. The van der Waals surface area contributed by atoms with E-state index in [9.17, 15) is 8.42 Å². The van der Waals surface area contributed by atoms with Crippen LogP contribution in [0.1, 0.15) is 5.56 Å². The highest BCUT2D eigenvalue weighted by Gasteiger charge is 2.27. The molecule has 0 spiro atoms. The molecule has 0 bridgehead atoms. The highest BCUT2D eigenvalue weighted by atomic mass is 35.5. The minimum Gasteiger partial charge on any atom is -0.369 e. The monoisotopic (exact) mass is 414 g/mol. The number of aryl methyl sites for hydroxylation is 1. The van der Waals surface area contributed by atoms with Gasteiger partial charge in [0, 0.05) is 20.6 Å². The minimum atomic E-state index is -3.85. The maximum atomic E-state index is 12.3. The number of amidine groups is 1. The Morgan fingerprint density at radius 1 is 1.24 bits per heavy atom. The molecule has 3 rings (SSSR count). The zero-order valence-corrected chi connectivity index (χ0v) is 16.0. The van der Waals surface area contributed by atoms with E-state index in [1.165, 1.54) is 6.07 Å². The molecule has 0 aromatic heterocycles. The summed E-state index contributed by atoms with van der Waals surface area (Å²) < 4.78 is 28.4. The van der Waals surface area contributed by atoms with Crippen molar-refractivity contribution in [1.82, 2.24) is 0 Å². The normalized spacial score (nSPS) is 16.1. The van der Waals surface area contributed by atoms with Gasteiger partial charge in [-0.05, 0) is 60.6 Å². The van der Waals surface area contributed by atoms with Crippen LogP contribution in [-0.4, -0.2) is 19.5 Å². The van der Waals surface area contributed by atoms with Crippen LogP contribution >= 0.6 is 35.0 Å². The van der Waals surface area contributed by atoms with Crippen molar-refractivity contribution in [1.29, 1.82) is 0 Å². The summed E-state index contributed by atoms with van der Waals surface area (Å²) in [6, 6.07) is 9.90. The molecule has 0 atom stereocenters. The van der Waals surface area contributed by atoms with Crippen molar-refractivity contribution >= 4 is 61.8 Å². The average molecular weight is 415 g/mol. The SMILES string of the molecule is Cc1cc2c(cc1Cl)SC(/N=C(/N)Nc1ccc(Cl)cc1)=NS2(=O)=O. The second-order valence-corrected chi connectivity index (χ2v) is 8.55. The quantitative estimate of drug-likeness (QED) is 0.544. The second kappa shape index (κ2) is 6.87. The summed E-state index contributed by atoms with van der Waals surface area (Å²) in [5, 5.41) is 3.91. The molecule has 2 aromatic carbocycles. The van der Waals surface area contributed by atoms with Gasteiger partial charge in [0.1, 0.15) is 4.90 Å². The van der Waals surface area contributed by atoms with Crippen LogP contribution in [0.2, 0.25) is 10.0 Å². The molecule has 130 valence electrons. The third-order valence-electron chi connectivity index (χ3n) is 3.24. The molecule has 0 unspecified atom stereocenters. The van der Waals surface area contributed by atoms with Crippen LogP contribution in [0.5, 0.6) is 0 Å². The number of guanidine groups is 1. The third kappa shape index (κ3) is 4.09. The summed E-state index contributed by atoms with van der Waals surface area (Å²) in [5.41, 5.74) is 7.15. The van der Waals surface area contributed by atoms with E-state index in [0.717, 1.165) is 11.8 Å². The molecule has 3 N–H and O–H groups in total. The van der Waals surface area contributed by atoms with Gasteiger partial charge in [-0.3, -0.25) is 0 Å². The van der Waals surface area contributed by atoms with Crippen molar-refractivity contribution in [3.63, 3.8) is 0 Å². The van der Waals surface area contributed by atoms with Crippen molar-refractivity contribution in [3.8, 4) is 0 Å². The number of hydrogen-bond donors (Lipinski definition) is 2. The average Bonchev–Trinajstić information content (AvgIpc) is 2.51. The second-order valence-electron chi connectivity index (χ2n) is 5.13. The van der Waals surface area contributed by atoms with E-state index >= 15 is 0 Å². The lowest BCUT2D eigenvalue weighted by atomic mass is 10.2. The first-order valence-electron chi connectivity index (χ1n) is 6.94. The highest BCUT2D eigenvalue weighted by Crippen LogP contribution is 2.37. The van der Waals surface area contributed by atoms with Gasteiger partial charge in [-0.15, -0.1) is 4.40 Å². The van der Waals surface area contributed by atoms with Crippen molar-refractivity contribution in [3.05, 3.63) is 52.0 Å². The molecule has 1 aliphatic rings. The molecular formula is C15H12Cl2N4O2S2. The van der Waals surface area contributed by atoms with Gasteiger partial charge >= 0.3 is 0 Å². The summed E-state index contributed by atoms with van der Waals surface area (Å²) in [5.74, 6) is 0.00503. The molecule has 0 fully saturated rings. The molecule has 6 nitrogen and oxygen atoms in total. The molecule has 0 saturated heterocycles. The van der Waals surface area contributed by atoms with Crippen LogP contribution in [0, 0.1) is 6.92 Å². The Kier molecular flexibility index (Phi) is 4.97. The highest BCUT2D eigenvalue weighted by molar-refractivity contribution is 8.15. The van der Waals surface area contributed by atoms with Crippen LogP contribution < -0.4 is 11.1 Å². The first kappa shape index (κ1) is 18.1. The first-order valence-corrected chi connectivity index (χ1v) is 9.95. The molecular weight excluding hydrogens is 403 g/mol. The Labute approximate surface area is 159 Å². The number of anilines is 1. The summed E-state index contributed by atoms with van der Waals surface area (Å²) in [7, 11) is -3.85. The predicted octanol–water partition coefficient (Wildman–Crippen LogP) is 3.88. The van der Waals surface area contributed by atoms with Crippen molar-refractivity contribution in [2.45, 2.75) is 16.7 Å². The number of rotatable bonds is 1. The van der Waals surface area contributed by atoms with E-state index in [4.69, 9.17) is 28.9 Å². The number of aliphatic imine (C=N–C) groups is 1. The zero-order valence-electron chi connectivity index (χ0n) is 12.8. The molecule has 10 heteroatoms. The van der Waals surface area contributed by atoms with Crippen LogP contribution in [0.15, 0.2) is 55.6 Å². The minimum absolute atomic E-state index is 0.00503. The number of halogens is 2. The summed E-state index contributed by atoms with van der Waals surface area (Å²) in [4.78, 5) is 4.62. The van der Waals surface area contributed by atoms with E-state index in [1.54, 1.807) is 37.3 Å². The van der Waals surface area contributed by atoms with Crippen molar-refractivity contribution in [2.24, 2.45) is 15.1 Å². The maximum absolute atomic E-state index is 12.3. The number of sulfonamides is 1. The summed E-state index contributed by atoms with van der Waals surface area (Å²) in [6.07, 6.45) is 0. The predicted molar refractivity (Wildman–Crippen MR) is 103 cm³/mol. The van der Waals surface area contributed by atoms with Gasteiger partial charge in [-0.1, -0.05) is 23.2 Å². The standard InChI is InChI=1S/C15H12Cl2N4O2S2/c1-8-6-13-12(7-11(8)17)24-15(21-25(13,22)23)20-14(18)19-10-4-2-9(16)3-5-10/h2-7H,1H3,(H3,18,19,20,21). The van der Waals surface area contributed by atoms with Gasteiger partial charge in [0.25, 0.3) is 10.0 Å². The molecule has 1 heterocycles. The fourth-order valence-electron chi connectivity index (χ4n) is 2.04. The molecule has 1 aliphatic heterocycles. The Hall–Kier alpha value is -1.74. The molecule has 0 saturated carbocycles. The van der Waals surface area contributed by atoms with Crippen LogP contribution in [0.3, 0.4) is 0 Å². The number of hydrogen-bond acceptors (Lipinski definition) is 4. The number of fused-ring (bicyclic) bond motifs is 1. The Morgan fingerprint density at radius 3 is 2.60 bits per heavy atom. The smallest absolute Gasteiger partial charge is 0.285 e. The van der Waals surface area contributed by atoms with Crippen LogP contribution in [0.4, 0.5) is 5.69 Å². The molecule has 25 heavy (non-hydrogen) atoms. The van der Waals surface area contributed by atoms with E-state index in [1.807, 2.05) is 0 Å². The molecule has 0 aliphatic carbocycles. The third-order valence-corrected chi connectivity index (χ3v) is 6.37. The van der Waals surface area contributed by atoms with Crippen LogP contribution in [0.25, 0.3) is 0 Å². The lowest BCUT2D eigenvalue weighted by Gasteiger charge is -2.15. The summed E-state index contributed by atoms with van der Waals surface area (Å²) in [6.45, 7) is 1.73. The Bertz CT molecular complexity index is 1000. The van der Waals surface area contributed by atoms with Crippen molar-refractivity contribution < 1.29 is 8.42 Å². The van der Waals surface area contributed by atoms with E-state index in [2.05, 4.69) is 14.7 Å². The number of nitrogens with two attached hydrogens (primary N) is 1. The first-order chi connectivity index (χ1) is 11.7. The van der Waals surface area contributed by atoms with Crippen LogP contribution in [-0.2, 0) is 10.0 Å². The van der Waals surface area contributed by atoms with Gasteiger partial charge in [-0.25, -0.2) is 0 Å². The number of thioether (sulfide) groups is 1. The zero-order chi connectivity index (χ0) is 18.2. The Balaban J connectivity index is 1.89. The summed E-state index contributed by atoms with van der Waals surface area (Å²) >= 11 is 13.0. The fourth-order valence-corrected chi connectivity index (χ4v) is 4.94. The molecule has 0 radical (unpaired) electrons. The van der Waals surface area contributed by atoms with Crippen molar-refractivity contribution in [2.75, 3.05) is 5.32 Å². The van der Waals surface area contributed by atoms with Gasteiger partial charge in [0.2, 0.25) is 5.17 Å². The van der Waals surface area contributed by atoms with E-state index in [0.29, 0.717) is 26.2 Å². The van der Waals surface area contributed by atoms with Gasteiger partial charge in [-0.2, -0.15) is 13.4 Å². The Morgan fingerprint density at radius 2 is 1.92 bits per heavy atom. The van der Waals surface area contributed by atoms with E-state index < -0.39 is 10.0 Å². The number of nitrogens with one attached hydrogen (secondary N) is 1. The molecule has 2 aromatic rings. The number of nitrogens with zero attached hydrogens (tertiary/aromatic N) is 2. The maximum Gasteiger partial charge on any atom is 0.285 e. The van der Waals surface area contributed by atoms with Gasteiger partial charge < -0.3 is 11.1 Å². The van der Waals surface area contributed by atoms with E-state index in [-0.39, 0.29) is 16.0 Å². The fraction of sp³-hybridized carbons (Fsp3) is 0.0667. The molecule has 0 amide bonds. The number of benzene rings is 2.